The fourth-order valence-electron chi connectivity index (χ4n) is 3.47. The van der Waals surface area contributed by atoms with Gasteiger partial charge in [-0.05, 0) is 42.9 Å². The fraction of sp³-hybridized carbons (Fsp3) is 0.900. The van der Waals surface area contributed by atoms with Crippen LogP contribution in [0.2, 0.25) is 0 Å². The van der Waals surface area contributed by atoms with Crippen molar-refractivity contribution >= 4 is 17.9 Å². The summed E-state index contributed by atoms with van der Waals surface area (Å²) in [6, 6.07) is 0. The Bertz CT molecular complexity index is 497. The zero-order valence-corrected chi connectivity index (χ0v) is 28.4. The van der Waals surface area contributed by atoms with Gasteiger partial charge < -0.3 is 15.3 Å². The van der Waals surface area contributed by atoms with Crippen molar-refractivity contribution in [1.29, 1.82) is 0 Å². The Morgan fingerprint density at radius 2 is 0.784 bits per heavy atom. The third-order valence-electron chi connectivity index (χ3n) is 5.66. The summed E-state index contributed by atoms with van der Waals surface area (Å²) in [6.07, 6.45) is 16.4. The van der Waals surface area contributed by atoms with Gasteiger partial charge in [-0.1, -0.05) is 113 Å². The molecule has 0 fully saturated rings. The molecule has 0 aromatic rings. The molecule has 0 amide bonds. The Balaban J connectivity index is -0.000000218. The Morgan fingerprint density at radius 1 is 0.514 bits per heavy atom. The summed E-state index contributed by atoms with van der Waals surface area (Å²) in [4.78, 5) is 30.4. The van der Waals surface area contributed by atoms with Crippen LogP contribution < -0.4 is 0 Å². The first-order chi connectivity index (χ1) is 16.7. The standard InChI is InChI=1S/3C10H20O2.Ce/c1-10(2,3)8-6-4-5-7-9(11)12;2*1-9(2)7-5-3-4-6-8-10(11)12;/h4-8H2,1-3H3,(H,11,12);2*9H,3-8H2,1-2H3,(H,11,12);. The van der Waals surface area contributed by atoms with E-state index in [4.69, 9.17) is 15.3 Å². The van der Waals surface area contributed by atoms with Crippen LogP contribution in [0.5, 0.6) is 0 Å². The van der Waals surface area contributed by atoms with Crippen molar-refractivity contribution in [2.24, 2.45) is 17.3 Å². The Hall–Kier alpha value is -0.213. The van der Waals surface area contributed by atoms with Crippen LogP contribution >= 0.6 is 0 Å². The van der Waals surface area contributed by atoms with Gasteiger partial charge in [-0.2, -0.15) is 0 Å². The van der Waals surface area contributed by atoms with E-state index < -0.39 is 17.9 Å². The van der Waals surface area contributed by atoms with Crippen molar-refractivity contribution in [2.75, 3.05) is 0 Å². The summed E-state index contributed by atoms with van der Waals surface area (Å²) in [7, 11) is 0. The molecule has 0 radical (unpaired) electrons. The van der Waals surface area contributed by atoms with Gasteiger partial charge in [-0.3, -0.25) is 14.4 Å². The molecule has 3 N–H and O–H groups in total. The van der Waals surface area contributed by atoms with Gasteiger partial charge in [0, 0.05) is 61.0 Å². The van der Waals surface area contributed by atoms with Crippen molar-refractivity contribution in [1.82, 2.24) is 0 Å². The first kappa shape index (κ1) is 43.8. The van der Waals surface area contributed by atoms with E-state index in [-0.39, 0.29) is 41.7 Å². The third-order valence-corrected chi connectivity index (χ3v) is 5.66. The molecule has 0 atom stereocenters. The van der Waals surface area contributed by atoms with Crippen molar-refractivity contribution in [2.45, 2.75) is 158 Å². The van der Waals surface area contributed by atoms with E-state index in [9.17, 15) is 14.4 Å². The van der Waals surface area contributed by atoms with Crippen molar-refractivity contribution in [3.8, 4) is 0 Å². The molecule has 0 saturated heterocycles. The number of hydrogen-bond acceptors (Lipinski definition) is 3. The molecular formula is C30H60CeO6. The summed E-state index contributed by atoms with van der Waals surface area (Å²) < 4.78 is 0. The Labute approximate surface area is 262 Å². The van der Waals surface area contributed by atoms with Crippen LogP contribution in [0, 0.1) is 59.0 Å². The smallest absolute Gasteiger partial charge is 0.303 e. The third kappa shape index (κ3) is 56.9. The van der Waals surface area contributed by atoms with E-state index >= 15 is 0 Å². The van der Waals surface area contributed by atoms with Crippen LogP contribution in [-0.4, -0.2) is 33.2 Å². The van der Waals surface area contributed by atoms with Crippen LogP contribution in [-0.2, 0) is 14.4 Å². The van der Waals surface area contributed by atoms with Gasteiger partial charge >= 0.3 is 17.9 Å². The summed E-state index contributed by atoms with van der Waals surface area (Å²) in [5, 5.41) is 25.1. The van der Waals surface area contributed by atoms with Crippen molar-refractivity contribution < 1.29 is 71.5 Å². The quantitative estimate of drug-likeness (QED) is 0.120. The van der Waals surface area contributed by atoms with Gasteiger partial charge in [0.1, 0.15) is 0 Å². The van der Waals surface area contributed by atoms with Gasteiger partial charge in [-0.15, -0.1) is 0 Å². The second kappa shape index (κ2) is 30.3. The first-order valence-electron chi connectivity index (χ1n) is 14.3. The molecule has 220 valence electrons. The van der Waals surface area contributed by atoms with Gasteiger partial charge in [0.25, 0.3) is 0 Å². The average Bonchev–Trinajstić information content (AvgIpc) is 2.72. The second-order valence-corrected chi connectivity index (χ2v) is 12.0. The zero-order chi connectivity index (χ0) is 28.4. The molecule has 6 nitrogen and oxygen atoms in total. The minimum Gasteiger partial charge on any atom is -0.481 e. The van der Waals surface area contributed by atoms with Gasteiger partial charge in [0.05, 0.1) is 0 Å². The molecular weight excluding hydrogens is 596 g/mol. The second-order valence-electron chi connectivity index (χ2n) is 12.0. The van der Waals surface area contributed by atoms with Gasteiger partial charge in [-0.25, -0.2) is 0 Å². The van der Waals surface area contributed by atoms with Gasteiger partial charge in [0.15, 0.2) is 0 Å². The minimum atomic E-state index is -0.675. The van der Waals surface area contributed by atoms with Crippen LogP contribution in [0.25, 0.3) is 0 Å². The molecule has 37 heavy (non-hydrogen) atoms. The maximum atomic E-state index is 10.2. The van der Waals surface area contributed by atoms with E-state index in [1.807, 2.05) is 0 Å². The molecule has 0 bridgehead atoms. The molecule has 0 unspecified atom stereocenters. The molecule has 0 rings (SSSR count). The van der Waals surface area contributed by atoms with Crippen LogP contribution in [0.4, 0.5) is 0 Å². The number of carboxylic acid groups (broad SMARTS) is 3. The number of hydrogen-bond donors (Lipinski definition) is 3. The molecule has 0 heterocycles. The van der Waals surface area contributed by atoms with Crippen LogP contribution in [0.3, 0.4) is 0 Å². The summed E-state index contributed by atoms with van der Waals surface area (Å²) in [6.45, 7) is 15.5. The maximum Gasteiger partial charge on any atom is 0.303 e. The predicted molar refractivity (Wildman–Crippen MR) is 151 cm³/mol. The van der Waals surface area contributed by atoms with Crippen LogP contribution in [0.1, 0.15) is 158 Å². The number of carbonyl (C=O) groups is 3. The summed E-state index contributed by atoms with van der Waals surface area (Å²) in [5.74, 6) is -0.447. The van der Waals surface area contributed by atoms with Crippen molar-refractivity contribution in [3.63, 3.8) is 0 Å². The molecule has 0 aliphatic rings. The Morgan fingerprint density at radius 3 is 1.03 bits per heavy atom. The topological polar surface area (TPSA) is 112 Å². The normalized spacial score (nSPS) is 10.6. The average molecular weight is 657 g/mol. The molecule has 0 aliphatic heterocycles. The molecule has 7 heteroatoms. The Kier molecular flexibility index (Phi) is 35.9. The zero-order valence-electron chi connectivity index (χ0n) is 25.2. The fourth-order valence-corrected chi connectivity index (χ4v) is 3.47. The number of unbranched alkanes of at least 4 members (excludes halogenated alkanes) is 8. The number of carboxylic acids is 3. The molecule has 0 aliphatic carbocycles. The minimum absolute atomic E-state index is 0. The van der Waals surface area contributed by atoms with Gasteiger partial charge in [0.2, 0.25) is 0 Å². The van der Waals surface area contributed by atoms with Crippen LogP contribution in [0.15, 0.2) is 0 Å². The first-order valence-corrected chi connectivity index (χ1v) is 14.3. The van der Waals surface area contributed by atoms with E-state index in [1.54, 1.807) is 0 Å². The SMILES string of the molecule is CC(C)(C)CCCCCC(=O)O.CC(C)CCCCCCC(=O)O.CC(C)CCCCCCC(=O)O.[Ce]. The molecule has 0 aromatic heterocycles. The van der Waals surface area contributed by atoms with E-state index in [0.717, 1.165) is 56.8 Å². The predicted octanol–water partition coefficient (Wildman–Crippen LogP) is 9.20. The largest absolute Gasteiger partial charge is 0.481 e. The van der Waals surface area contributed by atoms with Crippen molar-refractivity contribution in [3.05, 3.63) is 0 Å². The molecule has 0 saturated carbocycles. The van der Waals surface area contributed by atoms with E-state index in [2.05, 4.69) is 48.5 Å². The van der Waals surface area contributed by atoms with E-state index in [0.29, 0.717) is 24.7 Å². The molecule has 0 aromatic carbocycles. The maximum absolute atomic E-state index is 10.2. The monoisotopic (exact) mass is 656 g/mol. The molecule has 0 spiro atoms. The number of rotatable bonds is 19. The number of aliphatic carboxylic acids is 3. The summed E-state index contributed by atoms with van der Waals surface area (Å²) >= 11 is 0. The van der Waals surface area contributed by atoms with E-state index in [1.165, 1.54) is 44.9 Å². The summed E-state index contributed by atoms with van der Waals surface area (Å²) in [5.41, 5.74) is 0.392.